The molecule has 0 amide bonds. The number of benzene rings is 2. The summed E-state index contributed by atoms with van der Waals surface area (Å²) in [6.45, 7) is 2.81. The summed E-state index contributed by atoms with van der Waals surface area (Å²) in [7, 11) is 0. The third kappa shape index (κ3) is 2.21. The van der Waals surface area contributed by atoms with E-state index in [4.69, 9.17) is 17.3 Å². The van der Waals surface area contributed by atoms with E-state index >= 15 is 0 Å². The Hall–Kier alpha value is -1.45. The normalized spacial score (nSPS) is 11.2. The van der Waals surface area contributed by atoms with Crippen molar-refractivity contribution >= 4 is 44.1 Å². The first-order chi connectivity index (χ1) is 9.58. The Balaban J connectivity index is 2.16. The van der Waals surface area contributed by atoms with Crippen molar-refractivity contribution in [3.8, 4) is 0 Å². The maximum absolute atomic E-state index is 6.28. The molecule has 0 aliphatic heterocycles. The lowest BCUT2D eigenvalue weighted by atomic mass is 10.2. The van der Waals surface area contributed by atoms with E-state index in [1.54, 1.807) is 0 Å². The van der Waals surface area contributed by atoms with Crippen molar-refractivity contribution in [2.75, 3.05) is 5.73 Å². The van der Waals surface area contributed by atoms with Crippen molar-refractivity contribution in [1.29, 1.82) is 0 Å². The van der Waals surface area contributed by atoms with Crippen LogP contribution in [-0.2, 0) is 6.54 Å². The van der Waals surface area contributed by atoms with Gasteiger partial charge in [0, 0.05) is 38.3 Å². The van der Waals surface area contributed by atoms with E-state index < -0.39 is 0 Å². The summed E-state index contributed by atoms with van der Waals surface area (Å²) >= 11 is 9.95. The Morgan fingerprint density at radius 3 is 2.75 bits per heavy atom. The van der Waals surface area contributed by atoms with Crippen LogP contribution >= 0.6 is 27.5 Å². The van der Waals surface area contributed by atoms with Crippen LogP contribution in [0.3, 0.4) is 0 Å². The molecule has 4 heteroatoms. The van der Waals surface area contributed by atoms with E-state index in [1.807, 2.05) is 30.3 Å². The minimum absolute atomic E-state index is 0.710. The van der Waals surface area contributed by atoms with Gasteiger partial charge >= 0.3 is 0 Å². The molecule has 0 radical (unpaired) electrons. The number of hydrogen-bond donors (Lipinski definition) is 1. The molecule has 0 aliphatic carbocycles. The zero-order valence-corrected chi connectivity index (χ0v) is 13.4. The fourth-order valence-corrected chi connectivity index (χ4v) is 3.21. The molecular formula is C16H14BrClN2. The molecule has 3 rings (SSSR count). The van der Waals surface area contributed by atoms with E-state index in [0.717, 1.165) is 20.7 Å². The number of hydrogen-bond acceptors (Lipinski definition) is 1. The highest BCUT2D eigenvalue weighted by atomic mass is 79.9. The molecule has 2 aromatic carbocycles. The first kappa shape index (κ1) is 13.5. The summed E-state index contributed by atoms with van der Waals surface area (Å²) in [5.74, 6) is 0. The minimum Gasteiger partial charge on any atom is -0.399 e. The van der Waals surface area contributed by atoms with E-state index in [0.29, 0.717) is 6.54 Å². The van der Waals surface area contributed by atoms with Gasteiger partial charge in [0.1, 0.15) is 0 Å². The molecular weight excluding hydrogens is 336 g/mol. The average Bonchev–Trinajstić information content (AvgIpc) is 2.68. The van der Waals surface area contributed by atoms with Crippen molar-refractivity contribution in [2.45, 2.75) is 13.5 Å². The van der Waals surface area contributed by atoms with Crippen LogP contribution in [0.2, 0.25) is 5.02 Å². The fourth-order valence-electron chi connectivity index (χ4n) is 2.48. The zero-order valence-electron chi connectivity index (χ0n) is 11.0. The highest BCUT2D eigenvalue weighted by molar-refractivity contribution is 9.10. The van der Waals surface area contributed by atoms with Crippen LogP contribution in [0.4, 0.5) is 5.69 Å². The SMILES string of the molecule is Cc1c(Br)c2ccccc2n1Cc1cc(N)ccc1Cl. The highest BCUT2D eigenvalue weighted by Crippen LogP contribution is 2.32. The van der Waals surface area contributed by atoms with Crippen LogP contribution in [0.5, 0.6) is 0 Å². The van der Waals surface area contributed by atoms with E-state index in [2.05, 4.69) is 39.6 Å². The van der Waals surface area contributed by atoms with Gasteiger partial charge in [0.2, 0.25) is 0 Å². The predicted molar refractivity (Wildman–Crippen MR) is 89.3 cm³/mol. The van der Waals surface area contributed by atoms with Gasteiger partial charge in [-0.1, -0.05) is 29.8 Å². The maximum atomic E-state index is 6.28. The molecule has 0 saturated heterocycles. The van der Waals surface area contributed by atoms with Crippen LogP contribution in [0.15, 0.2) is 46.9 Å². The number of aromatic nitrogens is 1. The summed E-state index contributed by atoms with van der Waals surface area (Å²) in [5, 5.41) is 1.96. The van der Waals surface area contributed by atoms with Crippen molar-refractivity contribution in [2.24, 2.45) is 0 Å². The second-order valence-electron chi connectivity index (χ2n) is 4.85. The number of rotatable bonds is 2. The van der Waals surface area contributed by atoms with Crippen LogP contribution in [0.1, 0.15) is 11.3 Å². The van der Waals surface area contributed by atoms with Gasteiger partial charge < -0.3 is 10.3 Å². The van der Waals surface area contributed by atoms with Crippen LogP contribution in [0, 0.1) is 6.92 Å². The molecule has 0 bridgehead atoms. The molecule has 0 atom stereocenters. The standard InChI is InChI=1S/C16H14BrClN2/c1-10-16(17)13-4-2-3-5-15(13)20(10)9-11-8-12(19)6-7-14(11)18/h2-8H,9,19H2,1H3. The molecule has 2 N–H and O–H groups in total. The summed E-state index contributed by atoms with van der Waals surface area (Å²) in [6, 6.07) is 13.9. The zero-order chi connectivity index (χ0) is 14.3. The third-order valence-electron chi connectivity index (χ3n) is 3.55. The third-order valence-corrected chi connectivity index (χ3v) is 4.92. The highest BCUT2D eigenvalue weighted by Gasteiger charge is 2.12. The van der Waals surface area contributed by atoms with Crippen LogP contribution in [0.25, 0.3) is 10.9 Å². The van der Waals surface area contributed by atoms with Crippen LogP contribution in [-0.4, -0.2) is 4.57 Å². The quantitative estimate of drug-likeness (QED) is 0.649. The smallest absolute Gasteiger partial charge is 0.0497 e. The number of nitrogens with two attached hydrogens (primary N) is 1. The van der Waals surface area contributed by atoms with Gasteiger partial charge in [-0.2, -0.15) is 0 Å². The molecule has 0 saturated carbocycles. The van der Waals surface area contributed by atoms with Gasteiger partial charge in [-0.15, -0.1) is 0 Å². The molecule has 20 heavy (non-hydrogen) atoms. The number of para-hydroxylation sites is 1. The van der Waals surface area contributed by atoms with E-state index in [9.17, 15) is 0 Å². The lowest BCUT2D eigenvalue weighted by molar-refractivity contribution is 0.803. The van der Waals surface area contributed by atoms with E-state index in [1.165, 1.54) is 16.6 Å². The molecule has 3 aromatic rings. The maximum Gasteiger partial charge on any atom is 0.0497 e. The van der Waals surface area contributed by atoms with Gasteiger partial charge in [-0.05, 0) is 52.7 Å². The Kier molecular flexibility index (Phi) is 3.48. The van der Waals surface area contributed by atoms with Crippen molar-refractivity contribution in [3.05, 3.63) is 63.2 Å². The first-order valence-electron chi connectivity index (χ1n) is 6.35. The number of fused-ring (bicyclic) bond motifs is 1. The Labute approximate surface area is 131 Å². The Morgan fingerprint density at radius 2 is 1.95 bits per heavy atom. The largest absolute Gasteiger partial charge is 0.399 e. The summed E-state index contributed by atoms with van der Waals surface area (Å²) in [6.07, 6.45) is 0. The molecule has 0 spiro atoms. The number of nitrogen functional groups attached to an aromatic ring is 1. The average molecular weight is 350 g/mol. The molecule has 0 unspecified atom stereocenters. The first-order valence-corrected chi connectivity index (χ1v) is 7.52. The van der Waals surface area contributed by atoms with Crippen molar-refractivity contribution < 1.29 is 0 Å². The molecule has 1 aromatic heterocycles. The molecule has 102 valence electrons. The second kappa shape index (κ2) is 5.15. The van der Waals surface area contributed by atoms with Gasteiger partial charge in [-0.3, -0.25) is 0 Å². The summed E-state index contributed by atoms with van der Waals surface area (Å²) < 4.78 is 3.38. The summed E-state index contributed by atoms with van der Waals surface area (Å²) in [5.41, 5.74) is 10.00. The Bertz CT molecular complexity index is 793. The van der Waals surface area contributed by atoms with Gasteiger partial charge in [0.25, 0.3) is 0 Å². The van der Waals surface area contributed by atoms with Crippen molar-refractivity contribution in [3.63, 3.8) is 0 Å². The predicted octanol–water partition coefficient (Wildman–Crippen LogP) is 5.00. The Morgan fingerprint density at radius 1 is 1.20 bits per heavy atom. The van der Waals surface area contributed by atoms with Gasteiger partial charge in [-0.25, -0.2) is 0 Å². The number of nitrogens with zero attached hydrogens (tertiary/aromatic N) is 1. The van der Waals surface area contributed by atoms with Crippen LogP contribution < -0.4 is 5.73 Å². The molecule has 2 nitrogen and oxygen atoms in total. The molecule has 1 heterocycles. The molecule has 0 fully saturated rings. The monoisotopic (exact) mass is 348 g/mol. The minimum atomic E-state index is 0.710. The lowest BCUT2D eigenvalue weighted by Crippen LogP contribution is -2.03. The van der Waals surface area contributed by atoms with E-state index in [-0.39, 0.29) is 0 Å². The second-order valence-corrected chi connectivity index (χ2v) is 6.05. The molecule has 0 aliphatic rings. The fraction of sp³-hybridized carbons (Fsp3) is 0.125. The summed E-state index contributed by atoms with van der Waals surface area (Å²) in [4.78, 5) is 0. The lowest BCUT2D eigenvalue weighted by Gasteiger charge is -2.11. The number of halogens is 2. The van der Waals surface area contributed by atoms with Crippen molar-refractivity contribution in [1.82, 2.24) is 4.57 Å². The van der Waals surface area contributed by atoms with Gasteiger partial charge in [0.05, 0.1) is 0 Å². The number of anilines is 1. The topological polar surface area (TPSA) is 30.9 Å². The van der Waals surface area contributed by atoms with Gasteiger partial charge in [0.15, 0.2) is 0 Å².